The van der Waals surface area contributed by atoms with Crippen LogP contribution < -0.4 is 5.32 Å². The summed E-state index contributed by atoms with van der Waals surface area (Å²) < 4.78 is 5.26. The molecule has 140 valence electrons. The number of nitro groups is 1. The minimum atomic E-state index is -0.749. The van der Waals surface area contributed by atoms with Gasteiger partial charge in [-0.2, -0.15) is 0 Å². The first kappa shape index (κ1) is 18.6. The fraction of sp³-hybridized carbons (Fsp3) is 0.300. The van der Waals surface area contributed by atoms with Gasteiger partial charge in [-0.15, -0.1) is 0 Å². The minimum Gasteiger partial charge on any atom is -0.451 e. The number of ether oxygens (including phenoxy) is 1. The van der Waals surface area contributed by atoms with Gasteiger partial charge in [-0.05, 0) is 37.0 Å². The SMILES string of the molecule is O=C(O[C@H]1CCCCC1=O)c1ccc(NCc2ccccc2)c([N+](=O)[O-])c1. The number of nitro benzene ring substituents is 1. The summed E-state index contributed by atoms with van der Waals surface area (Å²) in [6, 6.07) is 13.6. The van der Waals surface area contributed by atoms with Crippen LogP contribution in [0.2, 0.25) is 0 Å². The zero-order valence-electron chi connectivity index (χ0n) is 14.7. The van der Waals surface area contributed by atoms with Crippen LogP contribution >= 0.6 is 0 Å². The Morgan fingerprint density at radius 3 is 2.67 bits per heavy atom. The van der Waals surface area contributed by atoms with Gasteiger partial charge < -0.3 is 10.1 Å². The number of Topliss-reactive ketones (excluding diaryl/α,β-unsaturated/α-hetero) is 1. The average Bonchev–Trinajstić information content (AvgIpc) is 2.68. The fourth-order valence-electron chi connectivity index (χ4n) is 3.03. The largest absolute Gasteiger partial charge is 0.451 e. The van der Waals surface area contributed by atoms with E-state index in [0.29, 0.717) is 25.1 Å². The van der Waals surface area contributed by atoms with Crippen molar-refractivity contribution in [3.8, 4) is 0 Å². The summed E-state index contributed by atoms with van der Waals surface area (Å²) in [4.78, 5) is 35.0. The molecular weight excluding hydrogens is 348 g/mol. The normalized spacial score (nSPS) is 16.6. The van der Waals surface area contributed by atoms with Crippen LogP contribution in [-0.4, -0.2) is 22.8 Å². The lowest BCUT2D eigenvalue weighted by atomic mass is 9.96. The van der Waals surface area contributed by atoms with Crippen LogP contribution in [0.4, 0.5) is 11.4 Å². The highest BCUT2D eigenvalue weighted by atomic mass is 16.6. The van der Waals surface area contributed by atoms with Crippen LogP contribution in [-0.2, 0) is 16.1 Å². The van der Waals surface area contributed by atoms with Gasteiger partial charge >= 0.3 is 5.97 Å². The number of nitrogens with zero attached hydrogens (tertiary/aromatic N) is 1. The van der Waals surface area contributed by atoms with Gasteiger partial charge in [0.2, 0.25) is 0 Å². The number of nitrogens with one attached hydrogen (secondary N) is 1. The van der Waals surface area contributed by atoms with Gasteiger partial charge in [0.1, 0.15) is 5.69 Å². The van der Waals surface area contributed by atoms with Crippen molar-refractivity contribution in [3.63, 3.8) is 0 Å². The van der Waals surface area contributed by atoms with Crippen LogP contribution in [0.5, 0.6) is 0 Å². The number of esters is 1. The number of carbonyl (C=O) groups excluding carboxylic acids is 2. The maximum Gasteiger partial charge on any atom is 0.339 e. The van der Waals surface area contributed by atoms with Crippen molar-refractivity contribution in [1.82, 2.24) is 0 Å². The Morgan fingerprint density at radius 1 is 1.19 bits per heavy atom. The molecule has 2 aromatic carbocycles. The molecule has 7 heteroatoms. The van der Waals surface area contributed by atoms with E-state index in [1.807, 2.05) is 30.3 Å². The molecule has 1 fully saturated rings. The molecule has 1 atom stereocenters. The second-order valence-corrected chi connectivity index (χ2v) is 6.43. The summed E-state index contributed by atoms with van der Waals surface area (Å²) in [5, 5.41) is 14.4. The third kappa shape index (κ3) is 4.69. The quantitative estimate of drug-likeness (QED) is 0.472. The Labute approximate surface area is 156 Å². The molecule has 7 nitrogen and oxygen atoms in total. The number of anilines is 1. The smallest absolute Gasteiger partial charge is 0.339 e. The van der Waals surface area contributed by atoms with Crippen molar-refractivity contribution < 1.29 is 19.2 Å². The van der Waals surface area contributed by atoms with Crippen molar-refractivity contribution in [2.45, 2.75) is 38.3 Å². The standard InChI is InChI=1S/C20H20N2O5/c23-18-8-4-5-9-19(18)27-20(24)15-10-11-16(17(12-15)22(25)26)21-13-14-6-2-1-3-7-14/h1-3,6-7,10-12,19,21H,4-5,8-9,13H2/t19-/m0/s1. The van der Waals surface area contributed by atoms with Crippen molar-refractivity contribution in [1.29, 1.82) is 0 Å². The van der Waals surface area contributed by atoms with Crippen molar-refractivity contribution >= 4 is 23.1 Å². The Hall–Kier alpha value is -3.22. The highest BCUT2D eigenvalue weighted by Crippen LogP contribution is 2.27. The minimum absolute atomic E-state index is 0.0605. The molecule has 0 spiro atoms. The number of carbonyl (C=O) groups is 2. The summed E-state index contributed by atoms with van der Waals surface area (Å²) in [5.74, 6) is -0.807. The van der Waals surface area contributed by atoms with Gasteiger partial charge in [-0.1, -0.05) is 30.3 Å². The number of hydrogen-bond donors (Lipinski definition) is 1. The summed E-state index contributed by atoms with van der Waals surface area (Å²) in [6.45, 7) is 0.419. The molecular formula is C20H20N2O5. The molecule has 2 aromatic rings. The van der Waals surface area contributed by atoms with Crippen LogP contribution in [0.15, 0.2) is 48.5 Å². The first-order valence-corrected chi connectivity index (χ1v) is 8.84. The average molecular weight is 368 g/mol. The van der Waals surface area contributed by atoms with Crippen LogP contribution in [0.1, 0.15) is 41.6 Å². The maximum absolute atomic E-state index is 12.3. The number of benzene rings is 2. The fourth-order valence-corrected chi connectivity index (χ4v) is 3.03. The van der Waals surface area contributed by atoms with Gasteiger partial charge in [0, 0.05) is 19.0 Å². The van der Waals surface area contributed by atoms with Gasteiger partial charge in [-0.3, -0.25) is 14.9 Å². The van der Waals surface area contributed by atoms with Gasteiger partial charge in [0.05, 0.1) is 10.5 Å². The summed E-state index contributed by atoms with van der Waals surface area (Å²) >= 11 is 0. The Bertz CT molecular complexity index is 851. The van der Waals surface area contributed by atoms with E-state index in [9.17, 15) is 19.7 Å². The van der Waals surface area contributed by atoms with Crippen molar-refractivity contribution in [2.24, 2.45) is 0 Å². The molecule has 1 saturated carbocycles. The van der Waals surface area contributed by atoms with Crippen molar-refractivity contribution in [2.75, 3.05) is 5.32 Å². The predicted octanol–water partition coefficient (Wildman–Crippen LogP) is 3.88. The number of hydrogen-bond acceptors (Lipinski definition) is 6. The molecule has 0 amide bonds. The van der Waals surface area contributed by atoms with Crippen LogP contribution in [0.25, 0.3) is 0 Å². The molecule has 1 aliphatic carbocycles. The second kappa shape index (κ2) is 8.44. The lowest BCUT2D eigenvalue weighted by Crippen LogP contribution is -2.30. The van der Waals surface area contributed by atoms with Crippen LogP contribution in [0.3, 0.4) is 0 Å². The third-order valence-electron chi connectivity index (χ3n) is 4.50. The topological polar surface area (TPSA) is 98.5 Å². The highest BCUT2D eigenvalue weighted by molar-refractivity contribution is 5.94. The molecule has 1 N–H and O–H groups in total. The molecule has 27 heavy (non-hydrogen) atoms. The van der Waals surface area contributed by atoms with E-state index in [0.717, 1.165) is 18.4 Å². The highest BCUT2D eigenvalue weighted by Gasteiger charge is 2.27. The molecule has 0 unspecified atom stereocenters. The van der Waals surface area contributed by atoms with E-state index in [2.05, 4.69) is 5.32 Å². The first-order valence-electron chi connectivity index (χ1n) is 8.84. The summed E-state index contributed by atoms with van der Waals surface area (Å²) in [5.41, 5.74) is 1.14. The molecule has 0 heterocycles. The first-order chi connectivity index (χ1) is 13.0. The molecule has 0 radical (unpaired) electrons. The Kier molecular flexibility index (Phi) is 5.80. The number of rotatable bonds is 6. The van der Waals surface area contributed by atoms with E-state index in [4.69, 9.17) is 4.74 Å². The van der Waals surface area contributed by atoms with E-state index in [1.54, 1.807) is 0 Å². The van der Waals surface area contributed by atoms with E-state index in [-0.39, 0.29) is 17.0 Å². The molecule has 0 saturated heterocycles. The van der Waals surface area contributed by atoms with Gasteiger partial charge in [-0.25, -0.2) is 4.79 Å². The molecule has 1 aliphatic rings. The van der Waals surface area contributed by atoms with E-state index in [1.165, 1.54) is 18.2 Å². The van der Waals surface area contributed by atoms with E-state index >= 15 is 0 Å². The van der Waals surface area contributed by atoms with Gasteiger partial charge in [0.25, 0.3) is 5.69 Å². The molecule has 0 aromatic heterocycles. The summed E-state index contributed by atoms with van der Waals surface area (Å²) in [6.07, 6.45) is 1.79. The summed E-state index contributed by atoms with van der Waals surface area (Å²) in [7, 11) is 0. The third-order valence-corrected chi connectivity index (χ3v) is 4.50. The molecule has 3 rings (SSSR count). The van der Waals surface area contributed by atoms with Crippen molar-refractivity contribution in [3.05, 3.63) is 69.8 Å². The Balaban J connectivity index is 1.73. The second-order valence-electron chi connectivity index (χ2n) is 6.43. The predicted molar refractivity (Wildman–Crippen MR) is 99.5 cm³/mol. The maximum atomic E-state index is 12.3. The van der Waals surface area contributed by atoms with Gasteiger partial charge in [0.15, 0.2) is 11.9 Å². The zero-order valence-corrected chi connectivity index (χ0v) is 14.7. The lowest BCUT2D eigenvalue weighted by molar-refractivity contribution is -0.384. The lowest BCUT2D eigenvalue weighted by Gasteiger charge is -2.20. The van der Waals surface area contributed by atoms with Crippen LogP contribution in [0, 0.1) is 10.1 Å². The monoisotopic (exact) mass is 368 g/mol. The number of ketones is 1. The zero-order chi connectivity index (χ0) is 19.2. The molecule has 0 bridgehead atoms. The Morgan fingerprint density at radius 2 is 1.96 bits per heavy atom. The molecule has 0 aliphatic heterocycles. The van der Waals surface area contributed by atoms with E-state index < -0.39 is 17.0 Å².